The van der Waals surface area contributed by atoms with Gasteiger partial charge < -0.3 is 9.47 Å². The van der Waals surface area contributed by atoms with Gasteiger partial charge in [0.15, 0.2) is 5.76 Å². The maximum Gasteiger partial charge on any atom is 0.231 e. The lowest BCUT2D eigenvalue weighted by atomic mass is 10.1. The number of rotatable bonds is 4. The Labute approximate surface area is 170 Å². The first-order valence-electron chi connectivity index (χ1n) is 8.30. The van der Waals surface area contributed by atoms with E-state index in [1.54, 1.807) is 30.3 Å². The summed E-state index contributed by atoms with van der Waals surface area (Å²) in [6.45, 7) is 0.433. The van der Waals surface area contributed by atoms with Crippen LogP contribution in [0.5, 0.6) is 11.5 Å². The molecule has 3 aromatic carbocycles. The van der Waals surface area contributed by atoms with Gasteiger partial charge in [-0.05, 0) is 47.5 Å². The number of hydrogen-bond acceptors (Lipinski definition) is 3. The summed E-state index contributed by atoms with van der Waals surface area (Å²) in [4.78, 5) is 12.6. The molecule has 4 rings (SSSR count). The molecule has 0 saturated heterocycles. The van der Waals surface area contributed by atoms with Crippen molar-refractivity contribution < 1.29 is 14.3 Å². The second-order valence-electron chi connectivity index (χ2n) is 6.03. The smallest absolute Gasteiger partial charge is 0.231 e. The second kappa shape index (κ2) is 7.59. The Morgan fingerprint density at radius 1 is 1.04 bits per heavy atom. The van der Waals surface area contributed by atoms with Crippen LogP contribution in [0.25, 0.3) is 6.08 Å². The van der Waals surface area contributed by atoms with Crippen molar-refractivity contribution in [1.29, 1.82) is 0 Å². The van der Waals surface area contributed by atoms with Crippen LogP contribution in [0.2, 0.25) is 5.02 Å². The normalized spacial score (nSPS) is 14.1. The number of halogens is 2. The summed E-state index contributed by atoms with van der Waals surface area (Å²) in [5.41, 5.74) is 2.31. The SMILES string of the molecule is O=C1/C(=C/c2ccccc2Cl)Oc2cc(OCc3ccc(Br)cc3)ccc21. The quantitative estimate of drug-likeness (QED) is 0.446. The molecule has 0 amide bonds. The summed E-state index contributed by atoms with van der Waals surface area (Å²) < 4.78 is 12.6. The Kier molecular flexibility index (Phi) is 5.01. The van der Waals surface area contributed by atoms with Gasteiger partial charge in [0.2, 0.25) is 5.78 Å². The first-order valence-corrected chi connectivity index (χ1v) is 9.47. The Balaban J connectivity index is 1.52. The van der Waals surface area contributed by atoms with Crippen LogP contribution in [0.4, 0.5) is 0 Å². The molecule has 1 heterocycles. The van der Waals surface area contributed by atoms with Gasteiger partial charge in [-0.15, -0.1) is 0 Å². The van der Waals surface area contributed by atoms with Gasteiger partial charge in [-0.25, -0.2) is 0 Å². The number of carbonyl (C=O) groups is 1. The second-order valence-corrected chi connectivity index (χ2v) is 7.36. The summed E-state index contributed by atoms with van der Waals surface area (Å²) in [5.74, 6) is 1.22. The minimum atomic E-state index is -0.163. The van der Waals surface area contributed by atoms with Gasteiger partial charge in [-0.1, -0.05) is 57.9 Å². The highest BCUT2D eigenvalue weighted by atomic mass is 79.9. The summed E-state index contributed by atoms with van der Waals surface area (Å²) >= 11 is 9.57. The molecule has 0 radical (unpaired) electrons. The third-order valence-electron chi connectivity index (χ3n) is 4.15. The van der Waals surface area contributed by atoms with Crippen molar-refractivity contribution in [2.45, 2.75) is 6.61 Å². The largest absolute Gasteiger partial charge is 0.489 e. The summed E-state index contributed by atoms with van der Waals surface area (Å²) in [6, 6.07) is 20.5. The van der Waals surface area contributed by atoms with Gasteiger partial charge in [0, 0.05) is 15.6 Å². The number of allylic oxidation sites excluding steroid dienone is 1. The lowest BCUT2D eigenvalue weighted by molar-refractivity contribution is 0.101. The molecule has 3 aromatic rings. The highest BCUT2D eigenvalue weighted by Gasteiger charge is 2.27. The molecule has 27 heavy (non-hydrogen) atoms. The molecule has 0 atom stereocenters. The van der Waals surface area contributed by atoms with Crippen LogP contribution in [-0.4, -0.2) is 5.78 Å². The number of fused-ring (bicyclic) bond motifs is 1. The van der Waals surface area contributed by atoms with Gasteiger partial charge in [-0.3, -0.25) is 4.79 Å². The van der Waals surface area contributed by atoms with E-state index < -0.39 is 0 Å². The molecule has 0 fully saturated rings. The van der Waals surface area contributed by atoms with Gasteiger partial charge in [0.05, 0.1) is 5.56 Å². The Morgan fingerprint density at radius 3 is 2.59 bits per heavy atom. The average Bonchev–Trinajstić information content (AvgIpc) is 2.98. The molecule has 0 aliphatic carbocycles. The van der Waals surface area contributed by atoms with Crippen molar-refractivity contribution in [3.05, 3.63) is 98.7 Å². The van der Waals surface area contributed by atoms with E-state index in [0.717, 1.165) is 15.6 Å². The summed E-state index contributed by atoms with van der Waals surface area (Å²) in [6.07, 6.45) is 1.66. The van der Waals surface area contributed by atoms with Gasteiger partial charge >= 0.3 is 0 Å². The summed E-state index contributed by atoms with van der Waals surface area (Å²) in [7, 11) is 0. The first kappa shape index (κ1) is 17.8. The van der Waals surface area contributed by atoms with E-state index in [-0.39, 0.29) is 11.5 Å². The molecule has 0 unspecified atom stereocenters. The predicted octanol–water partition coefficient (Wildman–Crippen LogP) is 6.30. The zero-order valence-electron chi connectivity index (χ0n) is 14.1. The van der Waals surface area contributed by atoms with Crippen molar-refractivity contribution in [2.24, 2.45) is 0 Å². The maximum absolute atomic E-state index is 12.6. The standard InChI is InChI=1S/C22H14BrClO3/c23-16-7-5-14(6-8-16)13-26-17-9-10-18-20(12-17)27-21(22(18)25)11-15-3-1-2-4-19(15)24/h1-12H,13H2/b21-11-. The Bertz CT molecular complexity index is 1040. The molecule has 0 spiro atoms. The van der Waals surface area contributed by atoms with E-state index >= 15 is 0 Å². The van der Waals surface area contributed by atoms with E-state index in [1.807, 2.05) is 42.5 Å². The van der Waals surface area contributed by atoms with E-state index in [1.165, 1.54) is 0 Å². The molecule has 1 aliphatic rings. The van der Waals surface area contributed by atoms with E-state index in [0.29, 0.717) is 28.7 Å². The first-order chi connectivity index (χ1) is 13.1. The minimum absolute atomic E-state index is 0.163. The van der Waals surface area contributed by atoms with Crippen molar-refractivity contribution in [2.75, 3.05) is 0 Å². The molecule has 0 N–H and O–H groups in total. The molecule has 0 saturated carbocycles. The molecule has 0 aromatic heterocycles. The van der Waals surface area contributed by atoms with Crippen molar-refractivity contribution in [1.82, 2.24) is 0 Å². The van der Waals surface area contributed by atoms with Crippen LogP contribution < -0.4 is 9.47 Å². The average molecular weight is 442 g/mol. The van der Waals surface area contributed by atoms with Gasteiger partial charge in [-0.2, -0.15) is 0 Å². The topological polar surface area (TPSA) is 35.5 Å². The van der Waals surface area contributed by atoms with Crippen LogP contribution in [0.15, 0.2) is 77.0 Å². The maximum atomic E-state index is 12.6. The number of benzene rings is 3. The number of carbonyl (C=O) groups excluding carboxylic acids is 1. The Hall–Kier alpha value is -2.56. The summed E-state index contributed by atoms with van der Waals surface area (Å²) in [5, 5.41) is 0.566. The predicted molar refractivity (Wildman–Crippen MR) is 109 cm³/mol. The molecule has 134 valence electrons. The molecular weight excluding hydrogens is 428 g/mol. The monoisotopic (exact) mass is 440 g/mol. The minimum Gasteiger partial charge on any atom is -0.489 e. The molecular formula is C22H14BrClO3. The molecule has 1 aliphatic heterocycles. The fourth-order valence-corrected chi connectivity index (χ4v) is 3.19. The number of Topliss-reactive ketones (excluding diaryl/α,β-unsaturated/α-hetero) is 1. The fraction of sp³-hybridized carbons (Fsp3) is 0.0455. The third kappa shape index (κ3) is 3.92. The van der Waals surface area contributed by atoms with Crippen LogP contribution >= 0.6 is 27.5 Å². The number of ether oxygens (including phenoxy) is 2. The molecule has 0 bridgehead atoms. The van der Waals surface area contributed by atoms with E-state index in [4.69, 9.17) is 21.1 Å². The highest BCUT2D eigenvalue weighted by Crippen LogP contribution is 2.35. The lowest BCUT2D eigenvalue weighted by Gasteiger charge is -2.07. The van der Waals surface area contributed by atoms with Crippen molar-refractivity contribution >= 4 is 39.4 Å². The number of hydrogen-bond donors (Lipinski definition) is 0. The van der Waals surface area contributed by atoms with E-state index in [2.05, 4.69) is 15.9 Å². The zero-order valence-corrected chi connectivity index (χ0v) is 16.5. The fourth-order valence-electron chi connectivity index (χ4n) is 2.74. The van der Waals surface area contributed by atoms with Crippen LogP contribution in [-0.2, 0) is 6.61 Å². The third-order valence-corrected chi connectivity index (χ3v) is 5.02. The number of ketones is 1. The van der Waals surface area contributed by atoms with Crippen LogP contribution in [0, 0.1) is 0 Å². The van der Waals surface area contributed by atoms with Crippen LogP contribution in [0.1, 0.15) is 21.5 Å². The van der Waals surface area contributed by atoms with Gasteiger partial charge in [0.25, 0.3) is 0 Å². The zero-order chi connectivity index (χ0) is 18.8. The van der Waals surface area contributed by atoms with Gasteiger partial charge in [0.1, 0.15) is 18.1 Å². The van der Waals surface area contributed by atoms with E-state index in [9.17, 15) is 4.79 Å². The molecule has 3 nitrogen and oxygen atoms in total. The molecule has 5 heteroatoms. The van der Waals surface area contributed by atoms with Crippen molar-refractivity contribution in [3.8, 4) is 11.5 Å². The highest BCUT2D eigenvalue weighted by molar-refractivity contribution is 9.10. The Morgan fingerprint density at radius 2 is 1.81 bits per heavy atom. The van der Waals surface area contributed by atoms with Crippen molar-refractivity contribution in [3.63, 3.8) is 0 Å². The lowest BCUT2D eigenvalue weighted by Crippen LogP contribution is -1.98. The van der Waals surface area contributed by atoms with Crippen LogP contribution in [0.3, 0.4) is 0 Å².